The number of aromatic nitrogens is 2. The van der Waals surface area contributed by atoms with Crippen LogP contribution in [-0.4, -0.2) is 40.1 Å². The maximum atomic E-state index is 13.8. The van der Waals surface area contributed by atoms with Crippen molar-refractivity contribution in [2.45, 2.75) is 66.9 Å². The van der Waals surface area contributed by atoms with Crippen LogP contribution in [-0.2, 0) is 0 Å². The number of fused-ring (bicyclic) bond motifs is 1. The van der Waals surface area contributed by atoms with E-state index in [9.17, 15) is 14.9 Å². The predicted octanol–water partition coefficient (Wildman–Crippen LogP) is 7.26. The lowest BCUT2D eigenvalue weighted by atomic mass is 9.96. The number of aryl methyl sites for hydroxylation is 1. The normalized spacial score (nSPS) is 12.2. The summed E-state index contributed by atoms with van der Waals surface area (Å²) in [5, 5.41) is 17.0. The minimum Gasteiger partial charge on any atom is -0.494 e. The highest BCUT2D eigenvalue weighted by molar-refractivity contribution is 5.84. The molecule has 0 aliphatic carbocycles. The van der Waals surface area contributed by atoms with Crippen molar-refractivity contribution in [1.82, 2.24) is 9.66 Å². The molecule has 0 bridgehead atoms. The molecule has 1 aromatic heterocycles. The van der Waals surface area contributed by atoms with Crippen LogP contribution in [0.2, 0.25) is 0 Å². The van der Waals surface area contributed by atoms with Crippen molar-refractivity contribution < 1.29 is 19.1 Å². The van der Waals surface area contributed by atoms with Gasteiger partial charge in [-0.1, -0.05) is 32.9 Å². The SMILES string of the molecule is CCOc1cc(C)c(-c2nc3ccccc3c(=O)n2N=Cc2cc(OCC)c(O[C@H](C)CC)c([N+](=O)[O-])c2)cc1C(C)C. The zero-order chi connectivity index (χ0) is 31.3. The highest BCUT2D eigenvalue weighted by atomic mass is 16.6. The predicted molar refractivity (Wildman–Crippen MR) is 169 cm³/mol. The highest BCUT2D eigenvalue weighted by Gasteiger charge is 2.24. The number of rotatable bonds is 12. The van der Waals surface area contributed by atoms with E-state index < -0.39 is 4.92 Å². The fourth-order valence-corrected chi connectivity index (χ4v) is 4.68. The van der Waals surface area contributed by atoms with Gasteiger partial charge in [-0.2, -0.15) is 9.78 Å². The van der Waals surface area contributed by atoms with Crippen molar-refractivity contribution in [1.29, 1.82) is 0 Å². The molecule has 10 heteroatoms. The maximum Gasteiger partial charge on any atom is 0.315 e. The lowest BCUT2D eigenvalue weighted by Gasteiger charge is -2.18. The molecule has 0 radical (unpaired) electrons. The molecule has 10 nitrogen and oxygen atoms in total. The van der Waals surface area contributed by atoms with Gasteiger partial charge < -0.3 is 14.2 Å². The monoisotopic (exact) mass is 586 g/mol. The second kappa shape index (κ2) is 13.5. The van der Waals surface area contributed by atoms with Gasteiger partial charge in [0, 0.05) is 17.2 Å². The first kappa shape index (κ1) is 31.2. The zero-order valence-corrected chi connectivity index (χ0v) is 25.7. The smallest absolute Gasteiger partial charge is 0.315 e. The topological polar surface area (TPSA) is 118 Å². The van der Waals surface area contributed by atoms with E-state index in [-0.39, 0.29) is 41.4 Å². The molecule has 3 aromatic carbocycles. The van der Waals surface area contributed by atoms with Gasteiger partial charge in [-0.25, -0.2) is 4.98 Å². The van der Waals surface area contributed by atoms with Crippen molar-refractivity contribution in [2.24, 2.45) is 5.10 Å². The van der Waals surface area contributed by atoms with Gasteiger partial charge in [-0.15, -0.1) is 0 Å². The zero-order valence-electron chi connectivity index (χ0n) is 25.7. The molecule has 1 heterocycles. The second-order valence-electron chi connectivity index (χ2n) is 10.5. The Labute approximate surface area is 251 Å². The van der Waals surface area contributed by atoms with Crippen molar-refractivity contribution in [3.05, 3.63) is 85.7 Å². The van der Waals surface area contributed by atoms with E-state index in [0.29, 0.717) is 35.3 Å². The Kier molecular flexibility index (Phi) is 9.80. The van der Waals surface area contributed by atoms with Gasteiger partial charge in [0.05, 0.1) is 41.4 Å². The minimum absolute atomic E-state index is 0.0646. The Balaban J connectivity index is 1.95. The fourth-order valence-electron chi connectivity index (χ4n) is 4.68. The molecule has 0 saturated carbocycles. The third-order valence-electron chi connectivity index (χ3n) is 7.04. The summed E-state index contributed by atoms with van der Waals surface area (Å²) in [6.45, 7) is 14.4. The van der Waals surface area contributed by atoms with Crippen LogP contribution in [0.5, 0.6) is 17.2 Å². The molecule has 226 valence electrons. The van der Waals surface area contributed by atoms with E-state index >= 15 is 0 Å². The summed E-state index contributed by atoms with van der Waals surface area (Å²) >= 11 is 0. The number of nitro benzene ring substituents is 1. The average molecular weight is 587 g/mol. The first-order valence-corrected chi connectivity index (χ1v) is 14.5. The molecular weight excluding hydrogens is 548 g/mol. The van der Waals surface area contributed by atoms with Crippen molar-refractivity contribution in [3.63, 3.8) is 0 Å². The number of hydrogen-bond acceptors (Lipinski definition) is 8. The molecule has 4 aromatic rings. The molecule has 0 aliphatic heterocycles. The second-order valence-corrected chi connectivity index (χ2v) is 10.5. The van der Waals surface area contributed by atoms with Crippen molar-refractivity contribution in [3.8, 4) is 28.6 Å². The summed E-state index contributed by atoms with van der Waals surface area (Å²) in [5.74, 6) is 1.58. The Morgan fingerprint density at radius 1 is 1.02 bits per heavy atom. The highest BCUT2D eigenvalue weighted by Crippen LogP contribution is 2.39. The molecule has 0 saturated heterocycles. The Hall–Kier alpha value is -4.73. The summed E-state index contributed by atoms with van der Waals surface area (Å²) in [4.78, 5) is 30.2. The molecular formula is C33H38N4O6. The van der Waals surface area contributed by atoms with Crippen LogP contribution in [0.3, 0.4) is 0 Å². The van der Waals surface area contributed by atoms with Gasteiger partial charge in [-0.3, -0.25) is 14.9 Å². The number of nitro groups is 1. The van der Waals surface area contributed by atoms with Gasteiger partial charge in [-0.05, 0) is 81.5 Å². The average Bonchev–Trinajstić information content (AvgIpc) is 2.97. The molecule has 0 unspecified atom stereocenters. The van der Waals surface area contributed by atoms with Crippen LogP contribution in [0.1, 0.15) is 70.6 Å². The summed E-state index contributed by atoms with van der Waals surface area (Å²) in [7, 11) is 0. The summed E-state index contributed by atoms with van der Waals surface area (Å²) in [6, 6.07) is 14.0. The van der Waals surface area contributed by atoms with Crippen molar-refractivity contribution >= 4 is 22.8 Å². The number of benzene rings is 3. The molecule has 43 heavy (non-hydrogen) atoms. The molecule has 0 aliphatic rings. The molecule has 0 N–H and O–H groups in total. The van der Waals surface area contributed by atoms with E-state index in [1.807, 2.05) is 45.9 Å². The van der Waals surface area contributed by atoms with E-state index in [1.54, 1.807) is 31.2 Å². The van der Waals surface area contributed by atoms with Gasteiger partial charge in [0.1, 0.15) is 5.75 Å². The summed E-state index contributed by atoms with van der Waals surface area (Å²) in [6.07, 6.45) is 1.81. The Morgan fingerprint density at radius 3 is 2.37 bits per heavy atom. The Morgan fingerprint density at radius 2 is 1.72 bits per heavy atom. The van der Waals surface area contributed by atoms with E-state index in [1.165, 1.54) is 17.0 Å². The third kappa shape index (κ3) is 6.69. The number of para-hydroxylation sites is 1. The van der Waals surface area contributed by atoms with Crippen LogP contribution in [0, 0.1) is 17.0 Å². The minimum atomic E-state index is -0.510. The van der Waals surface area contributed by atoms with E-state index in [4.69, 9.17) is 19.2 Å². The quantitative estimate of drug-likeness (QED) is 0.0974. The maximum absolute atomic E-state index is 13.8. The van der Waals surface area contributed by atoms with Gasteiger partial charge in [0.25, 0.3) is 5.56 Å². The third-order valence-corrected chi connectivity index (χ3v) is 7.04. The summed E-state index contributed by atoms with van der Waals surface area (Å²) < 4.78 is 18.8. The Bertz CT molecular complexity index is 1730. The van der Waals surface area contributed by atoms with E-state index in [2.05, 4.69) is 18.9 Å². The lowest BCUT2D eigenvalue weighted by Crippen LogP contribution is -2.21. The molecule has 0 fully saturated rings. The first-order chi connectivity index (χ1) is 20.6. The van der Waals surface area contributed by atoms with Gasteiger partial charge >= 0.3 is 5.69 Å². The molecule has 0 spiro atoms. The van der Waals surface area contributed by atoms with Crippen LogP contribution >= 0.6 is 0 Å². The lowest BCUT2D eigenvalue weighted by molar-refractivity contribution is -0.386. The van der Waals surface area contributed by atoms with Gasteiger partial charge in [0.15, 0.2) is 11.6 Å². The fraction of sp³-hybridized carbons (Fsp3) is 0.364. The standard InChI is InChI=1S/C33H38N4O6/c1-8-22(7)43-31-28(37(39)40)16-23(17-30(31)42-10-3)19-34-36-32(35-27-14-12-11-13-24(27)33(36)38)26-18-25(20(4)5)29(41-9-2)15-21(26)6/h11-20,22H,8-10H2,1-7H3/t22-/m1/s1. The van der Waals surface area contributed by atoms with Crippen LogP contribution < -0.4 is 19.8 Å². The largest absolute Gasteiger partial charge is 0.494 e. The molecule has 4 rings (SSSR count). The number of nitrogens with zero attached hydrogens (tertiary/aromatic N) is 4. The molecule has 0 amide bonds. The first-order valence-electron chi connectivity index (χ1n) is 14.5. The van der Waals surface area contributed by atoms with Crippen LogP contribution in [0.4, 0.5) is 5.69 Å². The van der Waals surface area contributed by atoms with Crippen LogP contribution in [0.15, 0.2) is 58.4 Å². The summed E-state index contributed by atoms with van der Waals surface area (Å²) in [5.41, 5.74) is 2.85. The number of hydrogen-bond donors (Lipinski definition) is 0. The van der Waals surface area contributed by atoms with Gasteiger partial charge in [0.2, 0.25) is 5.75 Å². The molecule has 1 atom stereocenters. The van der Waals surface area contributed by atoms with Crippen LogP contribution in [0.25, 0.3) is 22.3 Å². The van der Waals surface area contributed by atoms with E-state index in [0.717, 1.165) is 22.4 Å². The van der Waals surface area contributed by atoms with Crippen molar-refractivity contribution in [2.75, 3.05) is 13.2 Å². The number of ether oxygens (including phenoxy) is 3.